The summed E-state index contributed by atoms with van der Waals surface area (Å²) in [6.07, 6.45) is 0. The first-order valence-electron chi connectivity index (χ1n) is 28.7. The second-order valence-corrected chi connectivity index (χ2v) is 24.6. The maximum absolute atomic E-state index is 2.54. The standard InChI is InChI=1S/C79H58N2S/c1-77(2)66-30-14-11-25-60(66)63-47-45-57(49-71(63)77)80(55-41-37-52(38-42-55)51-21-7-5-8-22-51)56-43-39-53(40-44-56)59-28-19-34-70-76(59)82-74-36-18-17-33-69(74)79(70)68-32-16-13-27-62(68)65-29-20-35-73(75(65)79)81(54-23-9-6-10-24-54)58-46-48-64-61-26-12-15-31-67(61)78(3,4)72(64)50-58/h5-50H,1-4H3. The molecule has 0 aromatic heterocycles. The molecule has 1 aliphatic heterocycles. The second kappa shape index (κ2) is 18.3. The molecule has 12 aromatic carbocycles. The summed E-state index contributed by atoms with van der Waals surface area (Å²) in [5.41, 5.74) is 29.2. The lowest BCUT2D eigenvalue weighted by atomic mass is 9.66. The summed E-state index contributed by atoms with van der Waals surface area (Å²) in [4.78, 5) is 7.53. The van der Waals surface area contributed by atoms with Crippen molar-refractivity contribution in [2.45, 2.75) is 53.7 Å². The quantitative estimate of drug-likeness (QED) is 0.150. The largest absolute Gasteiger partial charge is 0.310 e. The van der Waals surface area contributed by atoms with Crippen molar-refractivity contribution in [3.63, 3.8) is 0 Å². The van der Waals surface area contributed by atoms with Gasteiger partial charge in [-0.2, -0.15) is 0 Å². The van der Waals surface area contributed by atoms with Crippen LogP contribution in [0.4, 0.5) is 34.1 Å². The van der Waals surface area contributed by atoms with Gasteiger partial charge in [0.25, 0.3) is 0 Å². The van der Waals surface area contributed by atoms with E-state index in [0.717, 1.165) is 28.4 Å². The molecule has 1 spiro atoms. The SMILES string of the molecule is CC1(C)c2ccccc2-c2ccc(N(c3ccc(-c4ccccc4)cc3)c3ccc(-c4cccc5c4Sc4ccccc4C54c5ccccc5-c5cccc(N(c6ccccc6)c6ccc7c(c6)C(C)(C)c6ccccc6-7)c54)cc3)cc21. The number of benzene rings is 12. The first-order chi connectivity index (χ1) is 40.2. The topological polar surface area (TPSA) is 6.48 Å². The lowest BCUT2D eigenvalue weighted by Gasteiger charge is -2.42. The van der Waals surface area contributed by atoms with Crippen molar-refractivity contribution in [2.24, 2.45) is 0 Å². The van der Waals surface area contributed by atoms with Crippen LogP contribution in [0.2, 0.25) is 0 Å². The fourth-order valence-electron chi connectivity index (χ4n) is 14.7. The van der Waals surface area contributed by atoms with Crippen LogP contribution in [-0.4, -0.2) is 0 Å². The van der Waals surface area contributed by atoms with Crippen LogP contribution in [0.5, 0.6) is 0 Å². The Morgan fingerprint density at radius 1 is 0.268 bits per heavy atom. The molecule has 0 amide bonds. The molecule has 16 rings (SSSR count). The summed E-state index contributed by atoms with van der Waals surface area (Å²) in [6, 6.07) is 105. The Morgan fingerprint density at radius 3 is 1.30 bits per heavy atom. The van der Waals surface area contributed by atoms with Crippen molar-refractivity contribution < 1.29 is 0 Å². The minimum Gasteiger partial charge on any atom is -0.310 e. The Balaban J connectivity index is 0.866. The third-order valence-electron chi connectivity index (χ3n) is 18.5. The molecule has 1 unspecified atom stereocenters. The van der Waals surface area contributed by atoms with Gasteiger partial charge in [-0.15, -0.1) is 0 Å². The number of nitrogens with zero attached hydrogens (tertiary/aromatic N) is 2. The van der Waals surface area contributed by atoms with Gasteiger partial charge in [-0.3, -0.25) is 0 Å². The number of fused-ring (bicyclic) bond motifs is 15. The van der Waals surface area contributed by atoms with Gasteiger partial charge in [-0.05, 0) is 167 Å². The van der Waals surface area contributed by atoms with Crippen LogP contribution in [-0.2, 0) is 16.2 Å². The van der Waals surface area contributed by atoms with Crippen molar-refractivity contribution in [3.8, 4) is 55.6 Å². The third kappa shape index (κ3) is 7.03. The number of rotatable bonds is 8. The van der Waals surface area contributed by atoms with Crippen LogP contribution in [0.1, 0.15) is 72.2 Å². The minimum atomic E-state index is -0.654. The highest BCUT2D eigenvalue weighted by Gasteiger charge is 2.53. The van der Waals surface area contributed by atoms with Crippen LogP contribution < -0.4 is 9.80 Å². The molecule has 1 atom stereocenters. The van der Waals surface area contributed by atoms with Crippen molar-refractivity contribution in [1.29, 1.82) is 0 Å². The summed E-state index contributed by atoms with van der Waals surface area (Å²) in [7, 11) is 0. The van der Waals surface area contributed by atoms with Gasteiger partial charge in [0.1, 0.15) is 0 Å². The summed E-state index contributed by atoms with van der Waals surface area (Å²) in [6.45, 7) is 9.50. The van der Waals surface area contributed by atoms with Gasteiger partial charge < -0.3 is 9.80 Å². The summed E-state index contributed by atoms with van der Waals surface area (Å²) in [5, 5.41) is 0. The van der Waals surface area contributed by atoms with E-state index in [0.29, 0.717) is 0 Å². The number of hydrogen-bond donors (Lipinski definition) is 0. The maximum Gasteiger partial charge on any atom is 0.0756 e. The highest BCUT2D eigenvalue weighted by molar-refractivity contribution is 7.99. The van der Waals surface area contributed by atoms with Crippen LogP contribution in [0, 0.1) is 0 Å². The van der Waals surface area contributed by atoms with Crippen LogP contribution >= 0.6 is 11.8 Å². The molecule has 1 heterocycles. The third-order valence-corrected chi connectivity index (χ3v) is 19.8. The average Bonchev–Trinajstić information content (AvgIpc) is 1.72. The minimum absolute atomic E-state index is 0.137. The molecule has 0 N–H and O–H groups in total. The maximum atomic E-state index is 2.54. The smallest absolute Gasteiger partial charge is 0.0756 e. The van der Waals surface area contributed by atoms with Gasteiger partial charge in [0.15, 0.2) is 0 Å². The van der Waals surface area contributed by atoms with E-state index < -0.39 is 5.41 Å². The predicted molar refractivity (Wildman–Crippen MR) is 343 cm³/mol. The Labute approximate surface area is 485 Å². The molecule has 0 saturated heterocycles. The van der Waals surface area contributed by atoms with Crippen molar-refractivity contribution in [2.75, 3.05) is 9.80 Å². The Morgan fingerprint density at radius 2 is 0.683 bits per heavy atom. The van der Waals surface area contributed by atoms with Gasteiger partial charge in [-0.1, -0.05) is 246 Å². The van der Waals surface area contributed by atoms with E-state index in [4.69, 9.17) is 0 Å². The molecule has 2 nitrogen and oxygen atoms in total. The van der Waals surface area contributed by atoms with Gasteiger partial charge in [0.2, 0.25) is 0 Å². The Kier molecular flexibility index (Phi) is 10.8. The molecule has 0 radical (unpaired) electrons. The van der Waals surface area contributed by atoms with E-state index in [-0.39, 0.29) is 10.8 Å². The first kappa shape index (κ1) is 48.5. The second-order valence-electron chi connectivity index (χ2n) is 23.5. The fourth-order valence-corrected chi connectivity index (χ4v) is 16.0. The van der Waals surface area contributed by atoms with E-state index in [1.54, 1.807) is 0 Å². The number of hydrogen-bond acceptors (Lipinski definition) is 3. The molecule has 390 valence electrons. The van der Waals surface area contributed by atoms with Crippen LogP contribution in [0.15, 0.2) is 289 Å². The van der Waals surface area contributed by atoms with Crippen molar-refractivity contribution >= 4 is 45.9 Å². The molecule has 3 aliphatic carbocycles. The summed E-state index contributed by atoms with van der Waals surface area (Å²) < 4.78 is 0. The zero-order valence-electron chi connectivity index (χ0n) is 46.4. The molecule has 12 aromatic rings. The first-order valence-corrected chi connectivity index (χ1v) is 29.6. The molecular formula is C79H58N2S. The van der Waals surface area contributed by atoms with E-state index >= 15 is 0 Å². The van der Waals surface area contributed by atoms with E-state index in [1.165, 1.54) is 116 Å². The predicted octanol–water partition coefficient (Wildman–Crippen LogP) is 21.4. The zero-order valence-corrected chi connectivity index (χ0v) is 47.2. The van der Waals surface area contributed by atoms with E-state index in [9.17, 15) is 0 Å². The summed E-state index contributed by atoms with van der Waals surface area (Å²) >= 11 is 1.91. The molecule has 0 fully saturated rings. The van der Waals surface area contributed by atoms with Crippen LogP contribution in [0.3, 0.4) is 0 Å². The van der Waals surface area contributed by atoms with Crippen molar-refractivity contribution in [3.05, 3.63) is 324 Å². The lowest BCUT2D eigenvalue weighted by Crippen LogP contribution is -2.33. The van der Waals surface area contributed by atoms with E-state index in [2.05, 4.69) is 317 Å². The molecule has 3 heteroatoms. The molecule has 0 bridgehead atoms. The van der Waals surface area contributed by atoms with Crippen molar-refractivity contribution in [1.82, 2.24) is 0 Å². The highest BCUT2D eigenvalue weighted by Crippen LogP contribution is 2.66. The Bertz CT molecular complexity index is 4540. The fraction of sp³-hybridized carbons (Fsp3) is 0.0886. The molecule has 82 heavy (non-hydrogen) atoms. The van der Waals surface area contributed by atoms with Crippen LogP contribution in [0.25, 0.3) is 55.6 Å². The lowest BCUT2D eigenvalue weighted by molar-refractivity contribution is 0.660. The normalized spacial score (nSPS) is 15.8. The van der Waals surface area contributed by atoms with Gasteiger partial charge in [0.05, 0.1) is 11.1 Å². The number of anilines is 6. The van der Waals surface area contributed by atoms with Gasteiger partial charge in [-0.25, -0.2) is 0 Å². The highest BCUT2D eigenvalue weighted by atomic mass is 32.2. The Hall–Kier alpha value is -9.41. The zero-order chi connectivity index (χ0) is 54.9. The summed E-state index contributed by atoms with van der Waals surface area (Å²) in [5.74, 6) is 0. The molecule has 4 aliphatic rings. The molecular weight excluding hydrogens is 1010 g/mol. The van der Waals surface area contributed by atoms with Gasteiger partial charge in [0, 0.05) is 54.6 Å². The average molecular weight is 1070 g/mol. The monoisotopic (exact) mass is 1070 g/mol. The van der Waals surface area contributed by atoms with E-state index in [1.807, 2.05) is 11.8 Å². The van der Waals surface area contributed by atoms with Gasteiger partial charge >= 0.3 is 0 Å². The number of para-hydroxylation sites is 1. The molecule has 0 saturated carbocycles.